The molecule has 0 spiro atoms. The molecule has 1 N–H and O–H groups in total. The van der Waals surface area contributed by atoms with E-state index in [9.17, 15) is 4.79 Å². The molecule has 0 bridgehead atoms. The van der Waals surface area contributed by atoms with E-state index in [1.165, 1.54) is 11.6 Å². The SMILES string of the molecule is C=CC(=O)NCc1cccc(CC)c1. The van der Waals surface area contributed by atoms with E-state index in [0.717, 1.165) is 12.0 Å². The third-order valence-electron chi connectivity index (χ3n) is 2.05. The zero-order valence-electron chi connectivity index (χ0n) is 8.42. The fourth-order valence-electron chi connectivity index (χ4n) is 1.22. The van der Waals surface area contributed by atoms with Gasteiger partial charge in [-0.25, -0.2) is 0 Å². The number of carbonyl (C=O) groups is 1. The number of hydrogen-bond donors (Lipinski definition) is 1. The van der Waals surface area contributed by atoms with Crippen LogP contribution in [0.15, 0.2) is 36.9 Å². The first-order chi connectivity index (χ1) is 6.76. The molecule has 0 aromatic heterocycles. The maximum absolute atomic E-state index is 10.9. The third-order valence-corrected chi connectivity index (χ3v) is 2.05. The minimum Gasteiger partial charge on any atom is -0.348 e. The Balaban J connectivity index is 2.58. The van der Waals surface area contributed by atoms with Crippen molar-refractivity contribution in [2.75, 3.05) is 0 Å². The lowest BCUT2D eigenvalue weighted by atomic mass is 10.1. The second kappa shape index (κ2) is 5.22. The van der Waals surface area contributed by atoms with Crippen molar-refractivity contribution in [2.24, 2.45) is 0 Å². The number of hydrogen-bond acceptors (Lipinski definition) is 1. The van der Waals surface area contributed by atoms with E-state index < -0.39 is 0 Å². The minimum absolute atomic E-state index is 0.132. The van der Waals surface area contributed by atoms with E-state index in [4.69, 9.17) is 0 Å². The number of amides is 1. The monoisotopic (exact) mass is 189 g/mol. The Morgan fingerprint density at radius 1 is 1.50 bits per heavy atom. The second-order valence-corrected chi connectivity index (χ2v) is 3.10. The van der Waals surface area contributed by atoms with E-state index in [-0.39, 0.29) is 5.91 Å². The first-order valence-electron chi connectivity index (χ1n) is 4.74. The molecular formula is C12H15NO. The van der Waals surface area contributed by atoms with Crippen LogP contribution in [0.3, 0.4) is 0 Å². The number of aryl methyl sites for hydroxylation is 1. The van der Waals surface area contributed by atoms with Gasteiger partial charge in [-0.1, -0.05) is 37.8 Å². The van der Waals surface area contributed by atoms with Gasteiger partial charge in [0.05, 0.1) is 0 Å². The van der Waals surface area contributed by atoms with E-state index >= 15 is 0 Å². The minimum atomic E-state index is -0.132. The number of nitrogens with one attached hydrogen (secondary N) is 1. The molecule has 0 aliphatic heterocycles. The fraction of sp³-hybridized carbons (Fsp3) is 0.250. The molecule has 1 aromatic carbocycles. The van der Waals surface area contributed by atoms with Gasteiger partial charge in [-0.2, -0.15) is 0 Å². The highest BCUT2D eigenvalue weighted by Crippen LogP contribution is 2.05. The Bertz CT molecular complexity index is 331. The van der Waals surface area contributed by atoms with Crippen molar-refractivity contribution in [2.45, 2.75) is 19.9 Å². The molecule has 0 unspecified atom stereocenters. The summed E-state index contributed by atoms with van der Waals surface area (Å²) in [5.41, 5.74) is 2.41. The molecule has 2 nitrogen and oxygen atoms in total. The molecule has 74 valence electrons. The molecule has 1 aromatic rings. The summed E-state index contributed by atoms with van der Waals surface area (Å²) < 4.78 is 0. The normalized spacial score (nSPS) is 9.50. The van der Waals surface area contributed by atoms with E-state index in [1.54, 1.807) is 0 Å². The van der Waals surface area contributed by atoms with Gasteiger partial charge in [0.25, 0.3) is 0 Å². The quantitative estimate of drug-likeness (QED) is 0.722. The Labute approximate surface area is 84.6 Å². The lowest BCUT2D eigenvalue weighted by Crippen LogP contribution is -2.19. The topological polar surface area (TPSA) is 29.1 Å². The summed E-state index contributed by atoms with van der Waals surface area (Å²) in [6.45, 7) is 6.08. The van der Waals surface area contributed by atoms with Crippen molar-refractivity contribution < 1.29 is 4.79 Å². The van der Waals surface area contributed by atoms with Crippen molar-refractivity contribution in [3.8, 4) is 0 Å². The van der Waals surface area contributed by atoms with Gasteiger partial charge in [0, 0.05) is 6.54 Å². The van der Waals surface area contributed by atoms with Crippen molar-refractivity contribution in [3.05, 3.63) is 48.0 Å². The van der Waals surface area contributed by atoms with Gasteiger partial charge in [-0.3, -0.25) is 4.79 Å². The highest BCUT2D eigenvalue weighted by Gasteiger charge is 1.96. The summed E-state index contributed by atoms with van der Waals surface area (Å²) in [7, 11) is 0. The van der Waals surface area contributed by atoms with Crippen LogP contribution in [0.5, 0.6) is 0 Å². The van der Waals surface area contributed by atoms with Crippen LogP contribution in [-0.4, -0.2) is 5.91 Å². The van der Waals surface area contributed by atoms with Gasteiger partial charge in [-0.05, 0) is 23.6 Å². The molecule has 14 heavy (non-hydrogen) atoms. The molecule has 0 heterocycles. The van der Waals surface area contributed by atoms with Crippen LogP contribution in [0.1, 0.15) is 18.1 Å². The molecule has 0 atom stereocenters. The molecule has 2 heteroatoms. The van der Waals surface area contributed by atoms with Crippen LogP contribution in [0.2, 0.25) is 0 Å². The molecule has 1 amide bonds. The molecule has 0 aliphatic carbocycles. The second-order valence-electron chi connectivity index (χ2n) is 3.10. The molecule has 0 radical (unpaired) electrons. The lowest BCUT2D eigenvalue weighted by Gasteiger charge is -2.04. The standard InChI is InChI=1S/C12H15NO/c1-3-10-6-5-7-11(8-10)9-13-12(14)4-2/h4-8H,2-3,9H2,1H3,(H,13,14). The molecule has 0 saturated heterocycles. The summed E-state index contributed by atoms with van der Waals surface area (Å²) in [4.78, 5) is 10.9. The Morgan fingerprint density at radius 2 is 2.21 bits per heavy atom. The fourth-order valence-corrected chi connectivity index (χ4v) is 1.22. The van der Waals surface area contributed by atoms with Crippen LogP contribution in [-0.2, 0) is 17.8 Å². The van der Waals surface area contributed by atoms with E-state index in [2.05, 4.69) is 31.0 Å². The number of rotatable bonds is 4. The van der Waals surface area contributed by atoms with Crippen molar-refractivity contribution in [1.82, 2.24) is 5.32 Å². The predicted molar refractivity (Wildman–Crippen MR) is 57.9 cm³/mol. The van der Waals surface area contributed by atoms with Crippen molar-refractivity contribution in [1.29, 1.82) is 0 Å². The summed E-state index contributed by atoms with van der Waals surface area (Å²) in [5.74, 6) is -0.132. The van der Waals surface area contributed by atoms with Gasteiger partial charge >= 0.3 is 0 Å². The Morgan fingerprint density at radius 3 is 2.86 bits per heavy atom. The van der Waals surface area contributed by atoms with Crippen LogP contribution in [0.25, 0.3) is 0 Å². The summed E-state index contributed by atoms with van der Waals surface area (Å²) in [6, 6.07) is 8.19. The molecule has 0 saturated carbocycles. The summed E-state index contributed by atoms with van der Waals surface area (Å²) in [5, 5.41) is 2.74. The highest BCUT2D eigenvalue weighted by atomic mass is 16.1. The molecule has 1 rings (SSSR count). The van der Waals surface area contributed by atoms with Crippen LogP contribution in [0, 0.1) is 0 Å². The molecule has 0 fully saturated rings. The number of carbonyl (C=O) groups excluding carboxylic acids is 1. The Kier molecular flexibility index (Phi) is 3.92. The third kappa shape index (κ3) is 3.05. The maximum Gasteiger partial charge on any atom is 0.243 e. The van der Waals surface area contributed by atoms with Gasteiger partial charge in [0.15, 0.2) is 0 Å². The first kappa shape index (κ1) is 10.5. The van der Waals surface area contributed by atoms with E-state index in [1.807, 2.05) is 12.1 Å². The van der Waals surface area contributed by atoms with E-state index in [0.29, 0.717) is 6.54 Å². The smallest absolute Gasteiger partial charge is 0.243 e. The first-order valence-corrected chi connectivity index (χ1v) is 4.74. The largest absolute Gasteiger partial charge is 0.348 e. The molecule has 0 aliphatic rings. The average molecular weight is 189 g/mol. The summed E-state index contributed by atoms with van der Waals surface area (Å²) in [6.07, 6.45) is 2.30. The lowest BCUT2D eigenvalue weighted by molar-refractivity contribution is -0.116. The maximum atomic E-state index is 10.9. The Hall–Kier alpha value is -1.57. The van der Waals surface area contributed by atoms with Crippen LogP contribution >= 0.6 is 0 Å². The number of benzene rings is 1. The van der Waals surface area contributed by atoms with Gasteiger partial charge < -0.3 is 5.32 Å². The van der Waals surface area contributed by atoms with Gasteiger partial charge in [-0.15, -0.1) is 0 Å². The predicted octanol–water partition coefficient (Wildman–Crippen LogP) is 2.05. The highest BCUT2D eigenvalue weighted by molar-refractivity contribution is 5.86. The van der Waals surface area contributed by atoms with Crippen LogP contribution < -0.4 is 5.32 Å². The zero-order chi connectivity index (χ0) is 10.4. The van der Waals surface area contributed by atoms with Crippen molar-refractivity contribution >= 4 is 5.91 Å². The molecular weight excluding hydrogens is 174 g/mol. The van der Waals surface area contributed by atoms with Gasteiger partial charge in [0.1, 0.15) is 0 Å². The summed E-state index contributed by atoms with van der Waals surface area (Å²) >= 11 is 0. The van der Waals surface area contributed by atoms with Crippen LogP contribution in [0.4, 0.5) is 0 Å². The average Bonchev–Trinajstić information content (AvgIpc) is 2.26. The van der Waals surface area contributed by atoms with Crippen molar-refractivity contribution in [3.63, 3.8) is 0 Å². The van der Waals surface area contributed by atoms with Gasteiger partial charge in [0.2, 0.25) is 5.91 Å². The zero-order valence-corrected chi connectivity index (χ0v) is 8.42.